The Hall–Kier alpha value is -1.58. The van der Waals surface area contributed by atoms with Crippen molar-refractivity contribution in [2.24, 2.45) is 0 Å². The Labute approximate surface area is 76.0 Å². The number of nitro groups is 1. The molecule has 0 unspecified atom stereocenters. The molecule has 1 aromatic rings. The Morgan fingerprint density at radius 1 is 1.62 bits per heavy atom. The van der Waals surface area contributed by atoms with Crippen LogP contribution in [0.1, 0.15) is 17.9 Å². The summed E-state index contributed by atoms with van der Waals surface area (Å²) in [5, 5.41) is 9.91. The summed E-state index contributed by atoms with van der Waals surface area (Å²) in [7, 11) is 0. The van der Waals surface area contributed by atoms with E-state index in [1.165, 1.54) is 6.08 Å². The molecule has 0 fully saturated rings. The zero-order valence-corrected chi connectivity index (χ0v) is 7.40. The predicted octanol–water partition coefficient (Wildman–Crippen LogP) is 2.31. The fraction of sp³-hybridized carbons (Fsp3) is 0.333. The van der Waals surface area contributed by atoms with Gasteiger partial charge < -0.3 is 4.42 Å². The fourth-order valence-corrected chi connectivity index (χ4v) is 1.01. The Morgan fingerprint density at radius 3 is 2.92 bits per heavy atom. The first-order valence-corrected chi connectivity index (χ1v) is 4.04. The molecule has 1 heterocycles. The molecule has 0 aliphatic heterocycles. The van der Waals surface area contributed by atoms with Gasteiger partial charge in [0.05, 0.1) is 4.92 Å². The summed E-state index contributed by atoms with van der Waals surface area (Å²) in [4.78, 5) is 9.45. The highest BCUT2D eigenvalue weighted by Crippen LogP contribution is 2.08. The van der Waals surface area contributed by atoms with Gasteiger partial charge in [0.15, 0.2) is 0 Å². The minimum absolute atomic E-state index is 0.465. The number of furan rings is 1. The second kappa shape index (κ2) is 4.45. The molecule has 0 bridgehead atoms. The summed E-state index contributed by atoms with van der Waals surface area (Å²) in [5.74, 6) is 1.73. The van der Waals surface area contributed by atoms with Crippen LogP contribution in [0.5, 0.6) is 0 Å². The molecule has 0 saturated heterocycles. The van der Waals surface area contributed by atoms with E-state index >= 15 is 0 Å². The lowest BCUT2D eigenvalue weighted by molar-refractivity contribution is -0.402. The van der Waals surface area contributed by atoms with E-state index in [2.05, 4.69) is 0 Å². The highest BCUT2D eigenvalue weighted by Gasteiger charge is 1.96. The van der Waals surface area contributed by atoms with Crippen molar-refractivity contribution in [2.45, 2.75) is 19.8 Å². The third-order valence-electron chi connectivity index (χ3n) is 1.58. The van der Waals surface area contributed by atoms with Gasteiger partial charge in [-0.25, -0.2) is 0 Å². The molecule has 4 nitrogen and oxygen atoms in total. The molecule has 0 aromatic carbocycles. The number of hydrogen-bond acceptors (Lipinski definition) is 3. The van der Waals surface area contributed by atoms with E-state index in [1.54, 1.807) is 0 Å². The maximum absolute atomic E-state index is 9.91. The summed E-state index contributed by atoms with van der Waals surface area (Å²) in [6.07, 6.45) is 3.82. The van der Waals surface area contributed by atoms with Crippen LogP contribution in [0.25, 0.3) is 0 Å². The molecule has 4 heteroatoms. The van der Waals surface area contributed by atoms with Gasteiger partial charge in [0.2, 0.25) is 6.20 Å². The average Bonchev–Trinajstić information content (AvgIpc) is 2.45. The first-order chi connectivity index (χ1) is 6.18. The summed E-state index contributed by atoms with van der Waals surface area (Å²) in [6.45, 7) is 1.87. The van der Waals surface area contributed by atoms with Gasteiger partial charge in [0, 0.05) is 6.42 Å². The van der Waals surface area contributed by atoms with Gasteiger partial charge in [-0.05, 0) is 31.6 Å². The molecular weight excluding hydrogens is 170 g/mol. The van der Waals surface area contributed by atoms with Gasteiger partial charge in [-0.3, -0.25) is 10.1 Å². The van der Waals surface area contributed by atoms with E-state index in [4.69, 9.17) is 4.42 Å². The van der Waals surface area contributed by atoms with Crippen molar-refractivity contribution < 1.29 is 9.34 Å². The number of allylic oxidation sites excluding steroid dienone is 1. The molecule has 13 heavy (non-hydrogen) atoms. The van der Waals surface area contributed by atoms with Crippen molar-refractivity contribution >= 4 is 0 Å². The standard InChI is InChI=1S/C9H11NO3/c1-8-5-6-9(13-8)4-2-3-7-10(11)12/h3,5-7H,2,4H2,1H3/b7-3+. The monoisotopic (exact) mass is 181 g/mol. The van der Waals surface area contributed by atoms with Crippen molar-refractivity contribution in [2.75, 3.05) is 0 Å². The average molecular weight is 181 g/mol. The minimum Gasteiger partial charge on any atom is -0.466 e. The minimum atomic E-state index is -0.465. The zero-order valence-electron chi connectivity index (χ0n) is 7.40. The van der Waals surface area contributed by atoms with Crippen LogP contribution >= 0.6 is 0 Å². The molecule has 0 atom stereocenters. The maximum atomic E-state index is 9.91. The van der Waals surface area contributed by atoms with E-state index < -0.39 is 4.92 Å². The summed E-state index contributed by atoms with van der Waals surface area (Å²) >= 11 is 0. The number of nitrogens with zero attached hydrogens (tertiary/aromatic N) is 1. The predicted molar refractivity (Wildman–Crippen MR) is 47.9 cm³/mol. The molecule has 0 aliphatic rings. The lowest BCUT2D eigenvalue weighted by atomic mass is 10.2. The maximum Gasteiger partial charge on any atom is 0.230 e. The van der Waals surface area contributed by atoms with Crippen LogP contribution in [0.3, 0.4) is 0 Å². The Bertz CT molecular complexity index is 314. The Kier molecular flexibility index (Phi) is 3.25. The van der Waals surface area contributed by atoms with Crippen LogP contribution in [-0.4, -0.2) is 4.92 Å². The second-order valence-corrected chi connectivity index (χ2v) is 2.72. The summed E-state index contributed by atoms with van der Waals surface area (Å²) in [5.41, 5.74) is 0. The van der Waals surface area contributed by atoms with Crippen molar-refractivity contribution in [1.82, 2.24) is 0 Å². The highest BCUT2D eigenvalue weighted by molar-refractivity contribution is 5.06. The smallest absolute Gasteiger partial charge is 0.230 e. The second-order valence-electron chi connectivity index (χ2n) is 2.72. The molecule has 0 spiro atoms. The van der Waals surface area contributed by atoms with Gasteiger partial charge in [-0.15, -0.1) is 0 Å². The molecule has 0 N–H and O–H groups in total. The fourth-order valence-electron chi connectivity index (χ4n) is 1.01. The van der Waals surface area contributed by atoms with Crippen LogP contribution in [0, 0.1) is 17.0 Å². The highest BCUT2D eigenvalue weighted by atomic mass is 16.6. The van der Waals surface area contributed by atoms with Gasteiger partial charge in [0.1, 0.15) is 11.5 Å². The van der Waals surface area contributed by atoms with Gasteiger partial charge >= 0.3 is 0 Å². The lowest BCUT2D eigenvalue weighted by Gasteiger charge is -1.89. The molecule has 0 aliphatic carbocycles. The molecule has 0 amide bonds. The van der Waals surface area contributed by atoms with E-state index in [0.29, 0.717) is 12.8 Å². The Morgan fingerprint density at radius 2 is 2.38 bits per heavy atom. The zero-order chi connectivity index (χ0) is 9.68. The molecular formula is C9H11NO3. The van der Waals surface area contributed by atoms with Crippen LogP contribution in [0.15, 0.2) is 28.8 Å². The third-order valence-corrected chi connectivity index (χ3v) is 1.58. The first-order valence-electron chi connectivity index (χ1n) is 4.04. The van der Waals surface area contributed by atoms with E-state index in [0.717, 1.165) is 17.7 Å². The molecule has 1 rings (SSSR count). The van der Waals surface area contributed by atoms with Crippen LogP contribution in [0.4, 0.5) is 0 Å². The van der Waals surface area contributed by atoms with Crippen molar-refractivity contribution in [3.63, 3.8) is 0 Å². The van der Waals surface area contributed by atoms with E-state index in [9.17, 15) is 10.1 Å². The van der Waals surface area contributed by atoms with Crippen molar-refractivity contribution in [3.05, 3.63) is 46.0 Å². The molecule has 1 aromatic heterocycles. The van der Waals surface area contributed by atoms with Gasteiger partial charge in [-0.1, -0.05) is 0 Å². The van der Waals surface area contributed by atoms with Crippen LogP contribution in [-0.2, 0) is 6.42 Å². The van der Waals surface area contributed by atoms with E-state index in [1.807, 2.05) is 19.1 Å². The molecule has 0 radical (unpaired) electrons. The Balaban J connectivity index is 2.31. The largest absolute Gasteiger partial charge is 0.466 e. The normalized spacial score (nSPS) is 10.8. The SMILES string of the molecule is Cc1ccc(CC/C=C/[N+](=O)[O-])o1. The van der Waals surface area contributed by atoms with Crippen LogP contribution < -0.4 is 0 Å². The van der Waals surface area contributed by atoms with Crippen LogP contribution in [0.2, 0.25) is 0 Å². The number of aryl methyl sites for hydroxylation is 2. The topological polar surface area (TPSA) is 56.3 Å². The third kappa shape index (κ3) is 3.55. The molecule has 70 valence electrons. The quantitative estimate of drug-likeness (QED) is 0.529. The van der Waals surface area contributed by atoms with Gasteiger partial charge in [0.25, 0.3) is 0 Å². The number of rotatable bonds is 4. The first kappa shape index (κ1) is 9.51. The van der Waals surface area contributed by atoms with Crippen molar-refractivity contribution in [3.8, 4) is 0 Å². The molecule has 0 saturated carbocycles. The summed E-state index contributed by atoms with van der Waals surface area (Å²) in [6, 6.07) is 3.77. The van der Waals surface area contributed by atoms with Gasteiger partial charge in [-0.2, -0.15) is 0 Å². The number of hydrogen-bond donors (Lipinski definition) is 0. The lowest BCUT2D eigenvalue weighted by Crippen LogP contribution is -1.83. The van der Waals surface area contributed by atoms with Crippen molar-refractivity contribution in [1.29, 1.82) is 0 Å². The summed E-state index contributed by atoms with van der Waals surface area (Å²) < 4.78 is 5.29. The van der Waals surface area contributed by atoms with E-state index in [-0.39, 0.29) is 0 Å².